The maximum atomic E-state index is 6.10. The van der Waals surface area contributed by atoms with Crippen molar-refractivity contribution in [2.75, 3.05) is 30.7 Å². The summed E-state index contributed by atoms with van der Waals surface area (Å²) in [5, 5.41) is 7.98. The lowest BCUT2D eigenvalue weighted by atomic mass is 10.1. The fourth-order valence-corrected chi connectivity index (χ4v) is 2.78. The number of nitrogens with one attached hydrogen (secondary N) is 1. The van der Waals surface area contributed by atoms with Gasteiger partial charge < -0.3 is 16.0 Å². The maximum Gasteiger partial charge on any atom is 0.148 e. The van der Waals surface area contributed by atoms with Gasteiger partial charge in [0.25, 0.3) is 0 Å². The Labute approximate surface area is 116 Å². The lowest BCUT2D eigenvalue weighted by Gasteiger charge is -2.29. The van der Waals surface area contributed by atoms with Gasteiger partial charge in [0.2, 0.25) is 0 Å². The molecular weight excluding hydrogens is 238 g/mol. The van der Waals surface area contributed by atoms with E-state index >= 15 is 0 Å². The summed E-state index contributed by atoms with van der Waals surface area (Å²) in [6.07, 6.45) is 4.05. The number of rotatable bonds is 5. The smallest absolute Gasteiger partial charge is 0.148 e. The van der Waals surface area contributed by atoms with E-state index in [4.69, 9.17) is 5.73 Å². The van der Waals surface area contributed by atoms with Crippen molar-refractivity contribution in [3.05, 3.63) is 5.69 Å². The number of nitrogens with two attached hydrogens (primary N) is 1. The lowest BCUT2D eigenvalue weighted by molar-refractivity contribution is 0.223. The van der Waals surface area contributed by atoms with Crippen molar-refractivity contribution in [3.63, 3.8) is 0 Å². The van der Waals surface area contributed by atoms with Crippen molar-refractivity contribution in [3.8, 4) is 0 Å². The Balaban J connectivity index is 1.96. The van der Waals surface area contributed by atoms with E-state index in [2.05, 4.69) is 29.2 Å². The molecule has 1 saturated heterocycles. The molecule has 1 aliphatic heterocycles. The Hall–Kier alpha value is -1.23. The normalized spacial score (nSPS) is 18.5. The van der Waals surface area contributed by atoms with E-state index in [1.807, 2.05) is 11.6 Å². The van der Waals surface area contributed by atoms with Gasteiger partial charge in [-0.2, -0.15) is 5.10 Å². The summed E-state index contributed by atoms with van der Waals surface area (Å²) in [5.74, 6) is 0.976. The average molecular weight is 265 g/mol. The SMILES string of the molecule is CCn1nc(C)c(N)c1NC(C)CN1CCCCC1. The number of anilines is 2. The fraction of sp³-hybridized carbons (Fsp3) is 0.786. The predicted octanol–water partition coefficient (Wildman–Crippen LogP) is 2.08. The Kier molecular flexibility index (Phi) is 4.69. The lowest BCUT2D eigenvalue weighted by Crippen LogP contribution is -2.38. The second-order valence-corrected chi connectivity index (χ2v) is 5.57. The van der Waals surface area contributed by atoms with Gasteiger partial charge in [0.05, 0.1) is 11.4 Å². The molecule has 1 aromatic heterocycles. The molecule has 0 bridgehead atoms. The quantitative estimate of drug-likeness (QED) is 0.856. The zero-order valence-electron chi connectivity index (χ0n) is 12.4. The highest BCUT2D eigenvalue weighted by Gasteiger charge is 2.17. The average Bonchev–Trinajstić information content (AvgIpc) is 2.67. The summed E-state index contributed by atoms with van der Waals surface area (Å²) in [4.78, 5) is 2.54. The molecule has 1 atom stereocenters. The number of aromatic nitrogens is 2. The molecule has 3 N–H and O–H groups in total. The van der Waals surface area contributed by atoms with Gasteiger partial charge in [-0.05, 0) is 46.7 Å². The number of hydrogen-bond acceptors (Lipinski definition) is 4. The highest BCUT2D eigenvalue weighted by molar-refractivity contribution is 5.65. The highest BCUT2D eigenvalue weighted by Crippen LogP contribution is 2.23. The summed E-state index contributed by atoms with van der Waals surface area (Å²) in [5.41, 5.74) is 7.80. The van der Waals surface area contributed by atoms with Crippen LogP contribution in [0.15, 0.2) is 0 Å². The van der Waals surface area contributed by atoms with Gasteiger partial charge in [-0.15, -0.1) is 0 Å². The molecular formula is C14H27N5. The number of nitrogen functional groups attached to an aromatic ring is 1. The predicted molar refractivity (Wildman–Crippen MR) is 80.4 cm³/mol. The van der Waals surface area contributed by atoms with E-state index in [0.717, 1.165) is 30.3 Å². The Bertz CT molecular complexity index is 406. The molecule has 0 aromatic carbocycles. The Morgan fingerprint density at radius 3 is 2.63 bits per heavy atom. The first kappa shape index (κ1) is 14.2. The van der Waals surface area contributed by atoms with Crippen molar-refractivity contribution >= 4 is 11.5 Å². The molecule has 0 aliphatic carbocycles. The van der Waals surface area contributed by atoms with Gasteiger partial charge in [-0.25, -0.2) is 4.68 Å². The van der Waals surface area contributed by atoms with Crippen LogP contribution in [0.25, 0.3) is 0 Å². The largest absolute Gasteiger partial charge is 0.394 e. The molecule has 0 radical (unpaired) electrons. The van der Waals surface area contributed by atoms with Crippen molar-refractivity contribution < 1.29 is 0 Å². The minimum Gasteiger partial charge on any atom is -0.394 e. The van der Waals surface area contributed by atoms with Gasteiger partial charge in [0.1, 0.15) is 5.82 Å². The Morgan fingerprint density at radius 2 is 2.00 bits per heavy atom. The molecule has 1 unspecified atom stereocenters. The van der Waals surface area contributed by atoms with Crippen LogP contribution >= 0.6 is 0 Å². The monoisotopic (exact) mass is 265 g/mol. The van der Waals surface area contributed by atoms with Crippen LogP contribution < -0.4 is 11.1 Å². The van der Waals surface area contributed by atoms with E-state index in [0.29, 0.717) is 6.04 Å². The molecule has 2 rings (SSSR count). The van der Waals surface area contributed by atoms with E-state index in [1.54, 1.807) is 0 Å². The van der Waals surface area contributed by atoms with Crippen LogP contribution in [0, 0.1) is 6.92 Å². The summed E-state index contributed by atoms with van der Waals surface area (Å²) in [7, 11) is 0. The highest BCUT2D eigenvalue weighted by atomic mass is 15.3. The van der Waals surface area contributed by atoms with Crippen LogP contribution in [-0.4, -0.2) is 40.4 Å². The van der Waals surface area contributed by atoms with Crippen LogP contribution in [0.4, 0.5) is 11.5 Å². The molecule has 5 heteroatoms. The fourth-order valence-electron chi connectivity index (χ4n) is 2.78. The van der Waals surface area contributed by atoms with Gasteiger partial charge in [0.15, 0.2) is 0 Å². The molecule has 1 aromatic rings. The molecule has 108 valence electrons. The van der Waals surface area contributed by atoms with Crippen LogP contribution in [0.5, 0.6) is 0 Å². The van der Waals surface area contributed by atoms with Crippen molar-refractivity contribution in [1.29, 1.82) is 0 Å². The van der Waals surface area contributed by atoms with Gasteiger partial charge in [0, 0.05) is 19.1 Å². The second kappa shape index (κ2) is 6.28. The van der Waals surface area contributed by atoms with Crippen LogP contribution in [0.1, 0.15) is 38.8 Å². The molecule has 0 saturated carbocycles. The first-order valence-electron chi connectivity index (χ1n) is 7.43. The zero-order chi connectivity index (χ0) is 13.8. The second-order valence-electron chi connectivity index (χ2n) is 5.57. The molecule has 19 heavy (non-hydrogen) atoms. The number of aryl methyl sites for hydroxylation is 2. The van der Waals surface area contributed by atoms with Crippen LogP contribution in [0.2, 0.25) is 0 Å². The molecule has 1 fully saturated rings. The summed E-state index contributed by atoms with van der Waals surface area (Å²) in [6.45, 7) is 10.6. The van der Waals surface area contributed by atoms with Gasteiger partial charge in [-0.3, -0.25) is 0 Å². The number of hydrogen-bond donors (Lipinski definition) is 2. The standard InChI is InChI=1S/C14H27N5/c1-4-19-14(13(15)12(3)17-19)16-11(2)10-18-8-6-5-7-9-18/h11,16H,4-10,15H2,1-3H3. The molecule has 0 amide bonds. The first-order chi connectivity index (χ1) is 9.11. The topological polar surface area (TPSA) is 59.1 Å². The molecule has 5 nitrogen and oxygen atoms in total. The Morgan fingerprint density at radius 1 is 1.32 bits per heavy atom. The minimum atomic E-state index is 0.391. The van der Waals surface area contributed by atoms with Crippen molar-refractivity contribution in [1.82, 2.24) is 14.7 Å². The third kappa shape index (κ3) is 3.41. The molecule has 0 spiro atoms. The third-order valence-electron chi connectivity index (χ3n) is 3.84. The number of piperidine rings is 1. The molecule has 2 heterocycles. The summed E-state index contributed by atoms with van der Waals surface area (Å²) in [6, 6.07) is 0.391. The zero-order valence-corrected chi connectivity index (χ0v) is 12.4. The number of nitrogens with zero attached hydrogens (tertiary/aromatic N) is 3. The minimum absolute atomic E-state index is 0.391. The maximum absolute atomic E-state index is 6.10. The van der Waals surface area contributed by atoms with E-state index < -0.39 is 0 Å². The van der Waals surface area contributed by atoms with Crippen molar-refractivity contribution in [2.24, 2.45) is 0 Å². The van der Waals surface area contributed by atoms with E-state index in [1.165, 1.54) is 32.4 Å². The first-order valence-corrected chi connectivity index (χ1v) is 7.43. The molecule has 1 aliphatic rings. The van der Waals surface area contributed by atoms with E-state index in [-0.39, 0.29) is 0 Å². The van der Waals surface area contributed by atoms with Crippen molar-refractivity contribution in [2.45, 2.75) is 52.6 Å². The third-order valence-corrected chi connectivity index (χ3v) is 3.84. The van der Waals surface area contributed by atoms with E-state index in [9.17, 15) is 0 Å². The van der Waals surface area contributed by atoms with Crippen LogP contribution in [-0.2, 0) is 6.54 Å². The van der Waals surface area contributed by atoms with Crippen LogP contribution in [0.3, 0.4) is 0 Å². The van der Waals surface area contributed by atoms with Gasteiger partial charge >= 0.3 is 0 Å². The summed E-state index contributed by atoms with van der Waals surface area (Å²) < 4.78 is 1.96. The van der Waals surface area contributed by atoms with Gasteiger partial charge in [-0.1, -0.05) is 6.42 Å². The summed E-state index contributed by atoms with van der Waals surface area (Å²) >= 11 is 0. The number of likely N-dealkylation sites (tertiary alicyclic amines) is 1.